The Morgan fingerprint density at radius 1 is 1.32 bits per heavy atom. The number of hydrogen-bond donors (Lipinski definition) is 2. The Hall–Kier alpha value is -1.04. The Kier molecular flexibility index (Phi) is 4.23. The highest BCUT2D eigenvalue weighted by atomic mass is 35.5. The molecule has 3 rings (SSSR count). The van der Waals surface area contributed by atoms with Gasteiger partial charge in [0.25, 0.3) is 0 Å². The summed E-state index contributed by atoms with van der Waals surface area (Å²) in [4.78, 5) is 13.6. The zero-order valence-corrected chi connectivity index (χ0v) is 13.5. The summed E-state index contributed by atoms with van der Waals surface area (Å²) >= 11 is 5.97. The van der Waals surface area contributed by atoms with E-state index in [4.69, 9.17) is 11.6 Å². The first-order valence-corrected chi connectivity index (χ1v) is 8.24. The summed E-state index contributed by atoms with van der Waals surface area (Å²) in [5, 5.41) is 19.9. The van der Waals surface area contributed by atoms with Crippen molar-refractivity contribution in [1.82, 2.24) is 4.81 Å². The normalized spacial score (nSPS) is 29.3. The zero-order valence-electron chi connectivity index (χ0n) is 12.7. The van der Waals surface area contributed by atoms with Gasteiger partial charge in [-0.05, 0) is 62.8 Å². The van der Waals surface area contributed by atoms with Crippen molar-refractivity contribution in [3.05, 3.63) is 34.9 Å². The summed E-state index contributed by atoms with van der Waals surface area (Å²) < 4.78 is 0. The Bertz CT molecular complexity index is 557. The molecule has 0 radical (unpaired) electrons. The van der Waals surface area contributed by atoms with Crippen LogP contribution in [0.4, 0.5) is 0 Å². The molecule has 2 fully saturated rings. The van der Waals surface area contributed by atoms with E-state index in [2.05, 4.69) is 0 Å². The van der Waals surface area contributed by atoms with Gasteiger partial charge in [0, 0.05) is 10.4 Å². The molecule has 2 atom stereocenters. The highest BCUT2D eigenvalue weighted by Gasteiger charge is 2.63. The lowest BCUT2D eigenvalue weighted by Gasteiger charge is -2.37. The van der Waals surface area contributed by atoms with Crippen molar-refractivity contribution in [2.75, 3.05) is 13.1 Å². The molecule has 1 aromatic rings. The van der Waals surface area contributed by atoms with Gasteiger partial charge in [-0.25, -0.2) is 0 Å². The number of halogens is 1. The topological polar surface area (TPSA) is 60.8 Å². The number of hydrogen-bond acceptors (Lipinski definition) is 3. The molecule has 1 aliphatic heterocycles. The lowest BCUT2D eigenvalue weighted by Crippen LogP contribution is -2.45. The molecular formula is C16H21BClNO3. The van der Waals surface area contributed by atoms with Crippen molar-refractivity contribution in [3.63, 3.8) is 0 Å². The lowest BCUT2D eigenvalue weighted by molar-refractivity contribution is -0.139. The van der Waals surface area contributed by atoms with Gasteiger partial charge in [-0.3, -0.25) is 4.79 Å². The van der Waals surface area contributed by atoms with E-state index in [1.807, 2.05) is 29.1 Å². The third kappa shape index (κ3) is 2.66. The van der Waals surface area contributed by atoms with Crippen molar-refractivity contribution in [2.45, 2.75) is 31.5 Å². The number of rotatable bonds is 4. The molecule has 0 spiro atoms. The molecule has 118 valence electrons. The highest BCUT2D eigenvalue weighted by Crippen LogP contribution is 2.61. The third-order valence-electron chi connectivity index (χ3n) is 5.47. The molecule has 6 heteroatoms. The summed E-state index contributed by atoms with van der Waals surface area (Å²) in [7, 11) is -0.429. The SMILES string of the molecule is CB(O)N1CCC([C@@]2(c3ccc(Cl)cc3)C[C@@H]2C(=O)O)CC1. The molecule has 1 aliphatic carbocycles. The van der Waals surface area contributed by atoms with E-state index >= 15 is 0 Å². The van der Waals surface area contributed by atoms with Crippen molar-refractivity contribution in [2.24, 2.45) is 11.8 Å². The van der Waals surface area contributed by atoms with Gasteiger partial charge in [-0.1, -0.05) is 23.7 Å². The van der Waals surface area contributed by atoms with E-state index in [9.17, 15) is 14.9 Å². The number of carboxylic acids is 1. The van der Waals surface area contributed by atoms with E-state index in [0.29, 0.717) is 17.4 Å². The van der Waals surface area contributed by atoms with Crippen LogP contribution in [0.1, 0.15) is 24.8 Å². The van der Waals surface area contributed by atoms with Crippen LogP contribution in [0.2, 0.25) is 11.8 Å². The van der Waals surface area contributed by atoms with Crippen molar-refractivity contribution >= 4 is 24.6 Å². The first-order chi connectivity index (χ1) is 10.4. The Morgan fingerprint density at radius 3 is 2.36 bits per heavy atom. The van der Waals surface area contributed by atoms with Crippen LogP contribution in [0.15, 0.2) is 24.3 Å². The minimum Gasteiger partial charge on any atom is -0.481 e. The van der Waals surface area contributed by atoms with Crippen LogP contribution < -0.4 is 0 Å². The van der Waals surface area contributed by atoms with E-state index in [1.54, 1.807) is 6.82 Å². The second-order valence-corrected chi connectivity index (χ2v) is 7.02. The summed E-state index contributed by atoms with van der Waals surface area (Å²) in [6.07, 6.45) is 2.57. The van der Waals surface area contributed by atoms with E-state index in [-0.39, 0.29) is 11.3 Å². The average Bonchev–Trinajstić information content (AvgIpc) is 3.25. The van der Waals surface area contributed by atoms with Crippen LogP contribution in [0.25, 0.3) is 0 Å². The van der Waals surface area contributed by atoms with Gasteiger partial charge in [-0.2, -0.15) is 0 Å². The highest BCUT2D eigenvalue weighted by molar-refractivity contribution is 6.45. The molecule has 2 aliphatic rings. The fourth-order valence-electron chi connectivity index (χ4n) is 4.14. The second-order valence-electron chi connectivity index (χ2n) is 6.58. The molecule has 0 amide bonds. The molecule has 0 aromatic heterocycles. The average molecular weight is 322 g/mol. The molecule has 2 N–H and O–H groups in total. The molecule has 0 bridgehead atoms. The van der Waals surface area contributed by atoms with Gasteiger partial charge in [0.05, 0.1) is 5.92 Å². The van der Waals surface area contributed by atoms with E-state index in [1.165, 1.54) is 0 Å². The summed E-state index contributed by atoms with van der Waals surface area (Å²) in [5.74, 6) is -0.644. The van der Waals surface area contributed by atoms with Crippen molar-refractivity contribution in [1.29, 1.82) is 0 Å². The molecule has 22 heavy (non-hydrogen) atoms. The maximum absolute atomic E-state index is 11.6. The van der Waals surface area contributed by atoms with Gasteiger partial charge in [-0.15, -0.1) is 0 Å². The first kappa shape index (κ1) is 15.8. The summed E-state index contributed by atoms with van der Waals surface area (Å²) in [6, 6.07) is 7.65. The largest absolute Gasteiger partial charge is 0.481 e. The fourth-order valence-corrected chi connectivity index (χ4v) is 4.27. The number of nitrogens with zero attached hydrogens (tertiary/aromatic N) is 1. The van der Waals surface area contributed by atoms with Gasteiger partial charge in [0.1, 0.15) is 0 Å². The van der Waals surface area contributed by atoms with Crippen LogP contribution in [-0.4, -0.2) is 41.1 Å². The van der Waals surface area contributed by atoms with Crippen LogP contribution >= 0.6 is 11.6 Å². The zero-order chi connectivity index (χ0) is 15.9. The van der Waals surface area contributed by atoms with Crippen LogP contribution in [0.5, 0.6) is 0 Å². The number of aliphatic carboxylic acids is 1. The quantitative estimate of drug-likeness (QED) is 0.837. The monoisotopic (exact) mass is 321 g/mol. The molecule has 1 saturated heterocycles. The molecule has 0 unspecified atom stereocenters. The predicted octanol–water partition coefficient (Wildman–Crippen LogP) is 2.50. The number of benzene rings is 1. The molecular weight excluding hydrogens is 300 g/mol. The van der Waals surface area contributed by atoms with Gasteiger partial charge in [0.15, 0.2) is 0 Å². The maximum atomic E-state index is 11.6. The van der Waals surface area contributed by atoms with Gasteiger partial charge in [0.2, 0.25) is 0 Å². The number of carbonyl (C=O) groups is 1. The Labute approximate surface area is 136 Å². The van der Waals surface area contributed by atoms with Gasteiger partial charge < -0.3 is 14.9 Å². The molecule has 1 saturated carbocycles. The smallest absolute Gasteiger partial charge is 0.376 e. The van der Waals surface area contributed by atoms with E-state index < -0.39 is 13.0 Å². The minimum atomic E-state index is -0.701. The summed E-state index contributed by atoms with van der Waals surface area (Å²) in [5.41, 5.74) is 0.848. The molecule has 1 aromatic carbocycles. The van der Waals surface area contributed by atoms with E-state index in [0.717, 1.165) is 31.5 Å². The van der Waals surface area contributed by atoms with Crippen LogP contribution in [0, 0.1) is 11.8 Å². The van der Waals surface area contributed by atoms with Crippen molar-refractivity contribution < 1.29 is 14.9 Å². The standard InChI is InChI=1S/C16H21BClNO3/c1-17(22)19-8-6-12(7-9-19)16(10-14(16)15(20)21)11-2-4-13(18)5-3-11/h2-5,12,14,22H,6-10H2,1H3,(H,20,21)/t14-,16+/m1/s1. The van der Waals surface area contributed by atoms with Crippen LogP contribution in [0.3, 0.4) is 0 Å². The van der Waals surface area contributed by atoms with Crippen molar-refractivity contribution in [3.8, 4) is 0 Å². The molecule has 4 nitrogen and oxygen atoms in total. The predicted molar refractivity (Wildman–Crippen MR) is 87.0 cm³/mol. The Morgan fingerprint density at radius 2 is 1.91 bits per heavy atom. The minimum absolute atomic E-state index is 0.249. The van der Waals surface area contributed by atoms with Crippen LogP contribution in [-0.2, 0) is 10.2 Å². The first-order valence-electron chi connectivity index (χ1n) is 7.86. The lowest BCUT2D eigenvalue weighted by atomic mass is 9.73. The summed E-state index contributed by atoms with van der Waals surface area (Å²) in [6.45, 7) is 3.43. The number of piperidine rings is 1. The maximum Gasteiger partial charge on any atom is 0.376 e. The Balaban J connectivity index is 1.83. The number of carboxylic acid groups (broad SMARTS) is 1. The third-order valence-corrected chi connectivity index (χ3v) is 5.72. The second kappa shape index (κ2) is 5.87. The molecule has 1 heterocycles. The fraction of sp³-hybridized carbons (Fsp3) is 0.562. The van der Waals surface area contributed by atoms with Gasteiger partial charge >= 0.3 is 13.0 Å².